The number of fused-ring (bicyclic) bond motifs is 3. The van der Waals surface area contributed by atoms with Crippen molar-refractivity contribution in [2.75, 3.05) is 26.7 Å². The molecule has 1 fully saturated rings. The number of carbonyl (C=O) groups excluding carboxylic acids is 1. The van der Waals surface area contributed by atoms with Gasteiger partial charge in [-0.1, -0.05) is 12.1 Å². The van der Waals surface area contributed by atoms with Crippen molar-refractivity contribution in [2.45, 2.75) is 13.0 Å². The molecule has 1 N–H and O–H groups in total. The molecule has 25 heavy (non-hydrogen) atoms. The lowest BCUT2D eigenvalue weighted by atomic mass is 10.1. The van der Waals surface area contributed by atoms with Gasteiger partial charge in [0, 0.05) is 18.5 Å². The van der Waals surface area contributed by atoms with E-state index in [4.69, 9.17) is 4.42 Å². The summed E-state index contributed by atoms with van der Waals surface area (Å²) >= 11 is 0. The first-order valence-corrected chi connectivity index (χ1v) is 8.46. The van der Waals surface area contributed by atoms with E-state index in [0.29, 0.717) is 17.0 Å². The number of furan rings is 1. The minimum atomic E-state index is -0.319. The van der Waals surface area contributed by atoms with Crippen molar-refractivity contribution in [1.82, 2.24) is 19.8 Å². The first kappa shape index (κ1) is 15.8. The van der Waals surface area contributed by atoms with Crippen molar-refractivity contribution in [1.29, 1.82) is 0 Å². The second kappa shape index (κ2) is 6.33. The molecular weight excluding hydrogens is 320 g/mol. The molecule has 1 aliphatic rings. The highest BCUT2D eigenvalue weighted by Crippen LogP contribution is 2.24. The third-order valence-electron chi connectivity index (χ3n) is 4.79. The van der Waals surface area contributed by atoms with E-state index in [2.05, 4.69) is 10.3 Å². The van der Waals surface area contributed by atoms with Gasteiger partial charge in [0.15, 0.2) is 0 Å². The number of hydrogen-bond donors (Lipinski definition) is 1. The number of nitrogens with zero attached hydrogens (tertiary/aromatic N) is 3. The first-order valence-electron chi connectivity index (χ1n) is 8.46. The van der Waals surface area contributed by atoms with Gasteiger partial charge < -0.3 is 14.6 Å². The van der Waals surface area contributed by atoms with Crippen LogP contribution in [0.5, 0.6) is 0 Å². The predicted octanol–water partition coefficient (Wildman–Crippen LogP) is 1.21. The summed E-state index contributed by atoms with van der Waals surface area (Å²) in [6.45, 7) is 2.36. The minimum absolute atomic E-state index is 0.00884. The lowest BCUT2D eigenvalue weighted by molar-refractivity contribution is -0.130. The van der Waals surface area contributed by atoms with Crippen LogP contribution in [0, 0.1) is 5.92 Å². The fourth-order valence-corrected chi connectivity index (χ4v) is 3.49. The van der Waals surface area contributed by atoms with Gasteiger partial charge >= 0.3 is 0 Å². The van der Waals surface area contributed by atoms with E-state index in [1.165, 1.54) is 10.9 Å². The van der Waals surface area contributed by atoms with E-state index in [0.717, 1.165) is 31.4 Å². The summed E-state index contributed by atoms with van der Waals surface area (Å²) in [6.07, 6.45) is 2.42. The van der Waals surface area contributed by atoms with E-state index in [1.54, 1.807) is 6.07 Å². The fourth-order valence-electron chi connectivity index (χ4n) is 3.49. The molecule has 0 saturated carbocycles. The zero-order chi connectivity index (χ0) is 17.4. The number of rotatable bonds is 4. The van der Waals surface area contributed by atoms with Crippen LogP contribution in [-0.4, -0.2) is 47.0 Å². The number of nitrogens with one attached hydrogen (secondary N) is 1. The van der Waals surface area contributed by atoms with Crippen LogP contribution in [0.25, 0.3) is 22.1 Å². The van der Waals surface area contributed by atoms with Crippen molar-refractivity contribution in [3.63, 3.8) is 0 Å². The van der Waals surface area contributed by atoms with E-state index in [-0.39, 0.29) is 23.6 Å². The average Bonchev–Trinajstić information content (AvgIpc) is 3.23. The van der Waals surface area contributed by atoms with E-state index in [1.807, 2.05) is 30.1 Å². The van der Waals surface area contributed by atoms with Gasteiger partial charge in [-0.15, -0.1) is 0 Å². The highest BCUT2D eigenvalue weighted by atomic mass is 16.3. The summed E-state index contributed by atoms with van der Waals surface area (Å²) < 4.78 is 6.98. The molecule has 0 radical (unpaired) electrons. The smallest absolute Gasteiger partial charge is 0.297 e. The summed E-state index contributed by atoms with van der Waals surface area (Å²) in [7, 11) is 1.91. The van der Waals surface area contributed by atoms with E-state index in [9.17, 15) is 9.59 Å². The molecule has 1 amide bonds. The maximum absolute atomic E-state index is 12.7. The number of hydrogen-bond acceptors (Lipinski definition) is 5. The molecule has 3 aromatic rings. The number of benzene rings is 1. The maximum atomic E-state index is 12.7. The molecule has 130 valence electrons. The zero-order valence-electron chi connectivity index (χ0n) is 14.1. The molecule has 1 unspecified atom stereocenters. The maximum Gasteiger partial charge on any atom is 0.297 e. The van der Waals surface area contributed by atoms with Gasteiger partial charge in [-0.2, -0.15) is 0 Å². The molecule has 1 saturated heterocycles. The van der Waals surface area contributed by atoms with Crippen molar-refractivity contribution >= 4 is 28.0 Å². The van der Waals surface area contributed by atoms with Crippen LogP contribution in [0.2, 0.25) is 0 Å². The molecule has 7 nitrogen and oxygen atoms in total. The van der Waals surface area contributed by atoms with Crippen molar-refractivity contribution < 1.29 is 9.21 Å². The normalized spacial score (nSPS) is 17.6. The third-order valence-corrected chi connectivity index (χ3v) is 4.79. The topological polar surface area (TPSA) is 80.4 Å². The van der Waals surface area contributed by atoms with Crippen molar-refractivity contribution in [3.05, 3.63) is 40.9 Å². The number of carbonyl (C=O) groups is 1. The molecule has 3 heterocycles. The fraction of sp³-hybridized carbons (Fsp3) is 0.389. The molecule has 0 bridgehead atoms. The first-order chi connectivity index (χ1) is 12.2. The molecule has 7 heteroatoms. The standard InChI is InChI=1S/C18H20N4O3/c1-19-8-12-6-7-21(9-12)15(23)10-22-11-20-16-13-4-2-3-5-14(13)25-17(16)18(22)24/h2-5,11-12,19H,6-10H2,1H3. The Hall–Kier alpha value is -2.67. The van der Waals surface area contributed by atoms with E-state index < -0.39 is 0 Å². The summed E-state index contributed by atoms with van der Waals surface area (Å²) in [6, 6.07) is 7.40. The third kappa shape index (κ3) is 2.80. The van der Waals surface area contributed by atoms with Crippen molar-refractivity contribution in [2.24, 2.45) is 5.92 Å². The van der Waals surface area contributed by atoms with Crippen LogP contribution in [0.15, 0.2) is 39.8 Å². The molecule has 0 spiro atoms. The van der Waals surface area contributed by atoms with Gasteiger partial charge in [0.2, 0.25) is 11.5 Å². The average molecular weight is 340 g/mol. The highest BCUT2D eigenvalue weighted by Gasteiger charge is 2.26. The Bertz CT molecular complexity index is 991. The monoisotopic (exact) mass is 340 g/mol. The quantitative estimate of drug-likeness (QED) is 0.772. The van der Waals surface area contributed by atoms with Crippen LogP contribution in [-0.2, 0) is 11.3 Å². The van der Waals surface area contributed by atoms with Gasteiger partial charge in [0.25, 0.3) is 5.56 Å². The molecule has 1 aromatic carbocycles. The zero-order valence-corrected chi connectivity index (χ0v) is 14.1. The predicted molar refractivity (Wildman–Crippen MR) is 94.4 cm³/mol. The summed E-state index contributed by atoms with van der Waals surface area (Å²) in [4.78, 5) is 31.3. The summed E-state index contributed by atoms with van der Waals surface area (Å²) in [5, 5.41) is 3.95. The molecule has 1 atom stereocenters. The SMILES string of the molecule is CNCC1CCN(C(=O)Cn2cnc3c(oc4ccccc43)c2=O)C1. The Morgan fingerprint density at radius 2 is 2.24 bits per heavy atom. The lowest BCUT2D eigenvalue weighted by Crippen LogP contribution is -2.35. The van der Waals surface area contributed by atoms with Gasteiger partial charge in [0.05, 0.1) is 6.33 Å². The van der Waals surface area contributed by atoms with E-state index >= 15 is 0 Å². The van der Waals surface area contributed by atoms with Crippen LogP contribution >= 0.6 is 0 Å². The second-order valence-corrected chi connectivity index (χ2v) is 6.51. The Balaban J connectivity index is 1.60. The van der Waals surface area contributed by atoms with Gasteiger partial charge in [-0.05, 0) is 38.1 Å². The summed E-state index contributed by atoms with van der Waals surface area (Å²) in [5.74, 6) is 0.416. The lowest BCUT2D eigenvalue weighted by Gasteiger charge is -2.17. The Morgan fingerprint density at radius 1 is 1.40 bits per heavy atom. The van der Waals surface area contributed by atoms with Gasteiger partial charge in [-0.25, -0.2) is 4.98 Å². The van der Waals surface area contributed by atoms with Crippen LogP contribution in [0.1, 0.15) is 6.42 Å². The largest absolute Gasteiger partial charge is 0.448 e. The van der Waals surface area contributed by atoms with Gasteiger partial charge in [0.1, 0.15) is 17.6 Å². The van der Waals surface area contributed by atoms with Crippen molar-refractivity contribution in [3.8, 4) is 0 Å². The second-order valence-electron chi connectivity index (χ2n) is 6.51. The number of para-hydroxylation sites is 1. The Labute approximate surface area is 144 Å². The number of likely N-dealkylation sites (tertiary alicyclic amines) is 1. The number of amides is 1. The van der Waals surface area contributed by atoms with Crippen LogP contribution in [0.3, 0.4) is 0 Å². The molecule has 1 aliphatic heterocycles. The van der Waals surface area contributed by atoms with Crippen LogP contribution in [0.4, 0.5) is 0 Å². The molecular formula is C18H20N4O3. The Kier molecular flexibility index (Phi) is 4.01. The molecule has 0 aliphatic carbocycles. The Morgan fingerprint density at radius 3 is 3.08 bits per heavy atom. The highest BCUT2D eigenvalue weighted by molar-refractivity contribution is 6.01. The number of aromatic nitrogens is 2. The van der Waals surface area contributed by atoms with Gasteiger partial charge in [-0.3, -0.25) is 14.2 Å². The van der Waals surface area contributed by atoms with Crippen LogP contribution < -0.4 is 10.9 Å². The summed E-state index contributed by atoms with van der Waals surface area (Å²) in [5.41, 5.74) is 1.05. The molecule has 4 rings (SSSR count). The minimum Gasteiger partial charge on any atom is -0.448 e. The molecule has 2 aromatic heterocycles.